The number of halogens is 3. The molecule has 8 nitrogen and oxygen atoms in total. The van der Waals surface area contributed by atoms with Crippen molar-refractivity contribution in [2.24, 2.45) is 5.41 Å². The standard InChI is InChI=1S/C31H38Cl2FN5O3/c1-30(2,3)16-24-31(20-14-22(34)21(33)15-23(20)35-29(31)42)26(18-7-6-8-19(32)13-18)27(36-24)28(41)39-11-9-38(10-12-39)25(40)17-37(4)5/h6-8,13-15,24,26-27,36H,9-12,16-17H2,1-5H3,(H,35,42)/t24-,26+,27-,31+/m1/s1. The molecule has 3 amide bonds. The Morgan fingerprint density at radius 1 is 1.07 bits per heavy atom. The van der Waals surface area contributed by atoms with E-state index in [1.165, 1.54) is 12.1 Å². The quantitative estimate of drug-likeness (QED) is 0.527. The number of amides is 3. The summed E-state index contributed by atoms with van der Waals surface area (Å²) in [5.41, 5.74) is 0.106. The van der Waals surface area contributed by atoms with Crippen molar-refractivity contribution >= 4 is 46.6 Å². The zero-order chi connectivity index (χ0) is 30.6. The number of nitrogens with zero attached hydrogens (tertiary/aromatic N) is 3. The Bertz CT molecular complexity index is 1410. The van der Waals surface area contributed by atoms with Crippen LogP contribution < -0.4 is 10.6 Å². The predicted molar refractivity (Wildman–Crippen MR) is 162 cm³/mol. The fraction of sp³-hybridized carbons (Fsp3) is 0.516. The van der Waals surface area contributed by atoms with Crippen LogP contribution in [0.15, 0.2) is 36.4 Å². The van der Waals surface area contributed by atoms with Crippen molar-refractivity contribution in [3.8, 4) is 0 Å². The number of hydrogen-bond donors (Lipinski definition) is 2. The molecule has 0 bridgehead atoms. The minimum atomic E-state index is -1.30. The third-order valence-corrected chi connectivity index (χ3v) is 9.09. The molecule has 3 aliphatic heterocycles. The number of anilines is 1. The van der Waals surface area contributed by atoms with Gasteiger partial charge in [0.15, 0.2) is 0 Å². The van der Waals surface area contributed by atoms with Crippen LogP contribution in [0.5, 0.6) is 0 Å². The highest BCUT2D eigenvalue weighted by atomic mass is 35.5. The molecule has 1 spiro atoms. The highest BCUT2D eigenvalue weighted by molar-refractivity contribution is 6.31. The summed E-state index contributed by atoms with van der Waals surface area (Å²) in [7, 11) is 3.70. The second-order valence-electron chi connectivity index (χ2n) is 13.1. The first-order valence-corrected chi connectivity index (χ1v) is 15.0. The number of benzene rings is 2. The first-order chi connectivity index (χ1) is 19.7. The lowest BCUT2D eigenvalue weighted by Gasteiger charge is -2.39. The van der Waals surface area contributed by atoms with Gasteiger partial charge in [0.1, 0.15) is 11.2 Å². The summed E-state index contributed by atoms with van der Waals surface area (Å²) in [4.78, 5) is 46.7. The Labute approximate surface area is 256 Å². The van der Waals surface area contributed by atoms with Crippen molar-refractivity contribution in [1.29, 1.82) is 0 Å². The third-order valence-electron chi connectivity index (χ3n) is 8.57. The zero-order valence-electron chi connectivity index (χ0n) is 24.6. The van der Waals surface area contributed by atoms with Crippen LogP contribution in [0, 0.1) is 11.2 Å². The van der Waals surface area contributed by atoms with Gasteiger partial charge in [-0.3, -0.25) is 14.4 Å². The van der Waals surface area contributed by atoms with E-state index in [9.17, 15) is 14.4 Å². The molecule has 5 rings (SSSR count). The SMILES string of the molecule is CN(C)CC(=O)N1CCN(C(=O)[C@@H]2N[C@H](CC(C)(C)C)[C@]3(C(=O)Nc4cc(Cl)c(F)cc43)[C@H]2c2cccc(Cl)c2)CC1. The fourth-order valence-corrected chi connectivity index (χ4v) is 7.23. The van der Waals surface area contributed by atoms with Gasteiger partial charge in [0.2, 0.25) is 17.7 Å². The van der Waals surface area contributed by atoms with Gasteiger partial charge in [-0.25, -0.2) is 4.39 Å². The lowest BCUT2D eigenvalue weighted by Crippen LogP contribution is -2.56. The molecule has 0 aliphatic carbocycles. The Hall–Kier alpha value is -2.72. The number of hydrogen-bond acceptors (Lipinski definition) is 5. The topological polar surface area (TPSA) is 85.0 Å². The van der Waals surface area contributed by atoms with E-state index >= 15 is 4.39 Å². The Kier molecular flexibility index (Phi) is 8.35. The van der Waals surface area contributed by atoms with Crippen LogP contribution in [0.4, 0.5) is 10.1 Å². The van der Waals surface area contributed by atoms with E-state index in [4.69, 9.17) is 23.2 Å². The summed E-state index contributed by atoms with van der Waals surface area (Å²) in [6.07, 6.45) is 0.539. The highest BCUT2D eigenvalue weighted by Crippen LogP contribution is 2.57. The Balaban J connectivity index is 1.59. The van der Waals surface area contributed by atoms with Crippen molar-refractivity contribution in [2.75, 3.05) is 52.1 Å². The van der Waals surface area contributed by atoms with Gasteiger partial charge in [-0.2, -0.15) is 0 Å². The van der Waals surface area contributed by atoms with Gasteiger partial charge < -0.3 is 25.3 Å². The van der Waals surface area contributed by atoms with Crippen LogP contribution in [0.3, 0.4) is 0 Å². The van der Waals surface area contributed by atoms with Gasteiger partial charge >= 0.3 is 0 Å². The highest BCUT2D eigenvalue weighted by Gasteiger charge is 2.66. The van der Waals surface area contributed by atoms with Gasteiger partial charge in [0.05, 0.1) is 17.6 Å². The van der Waals surface area contributed by atoms with Crippen LogP contribution in [0.25, 0.3) is 0 Å². The third kappa shape index (κ3) is 5.52. The molecule has 3 heterocycles. The first kappa shape index (κ1) is 30.7. The molecule has 226 valence electrons. The Morgan fingerprint density at radius 2 is 1.74 bits per heavy atom. The normalized spacial score (nSPS) is 25.7. The van der Waals surface area contributed by atoms with E-state index in [0.717, 1.165) is 0 Å². The average molecular weight is 619 g/mol. The number of carbonyl (C=O) groups is 3. The van der Waals surface area contributed by atoms with E-state index in [1.54, 1.807) is 28.0 Å². The zero-order valence-corrected chi connectivity index (χ0v) is 26.2. The van der Waals surface area contributed by atoms with Crippen LogP contribution >= 0.6 is 23.2 Å². The van der Waals surface area contributed by atoms with Crippen molar-refractivity contribution < 1.29 is 18.8 Å². The minimum absolute atomic E-state index is 0.0204. The number of rotatable bonds is 5. The molecule has 2 aromatic carbocycles. The molecule has 3 aliphatic rings. The molecular formula is C31H38Cl2FN5O3. The maximum absolute atomic E-state index is 15.1. The molecule has 0 radical (unpaired) electrons. The van der Waals surface area contributed by atoms with E-state index in [-0.39, 0.29) is 28.2 Å². The average Bonchev–Trinajstić information content (AvgIpc) is 3.37. The van der Waals surface area contributed by atoms with Crippen LogP contribution in [0.1, 0.15) is 44.2 Å². The number of fused-ring (bicyclic) bond motifs is 2. The summed E-state index contributed by atoms with van der Waals surface area (Å²) in [5.74, 6) is -1.76. The van der Waals surface area contributed by atoms with Gasteiger partial charge in [-0.05, 0) is 61.3 Å². The van der Waals surface area contributed by atoms with E-state index in [2.05, 4.69) is 31.4 Å². The Morgan fingerprint density at radius 3 is 2.36 bits per heavy atom. The molecule has 0 unspecified atom stereocenters. The molecule has 0 aromatic heterocycles. The molecule has 2 N–H and O–H groups in total. The summed E-state index contributed by atoms with van der Waals surface area (Å²) >= 11 is 12.6. The fourth-order valence-electron chi connectivity index (χ4n) is 6.86. The number of carbonyl (C=O) groups excluding carboxylic acids is 3. The van der Waals surface area contributed by atoms with Crippen LogP contribution in [0.2, 0.25) is 10.0 Å². The monoisotopic (exact) mass is 617 g/mol. The first-order valence-electron chi connectivity index (χ1n) is 14.3. The minimum Gasteiger partial charge on any atom is -0.338 e. The number of nitrogens with one attached hydrogen (secondary N) is 2. The van der Waals surface area contributed by atoms with E-state index < -0.39 is 29.2 Å². The maximum atomic E-state index is 15.1. The lowest BCUT2D eigenvalue weighted by molar-refractivity contribution is -0.141. The lowest BCUT2D eigenvalue weighted by atomic mass is 9.62. The van der Waals surface area contributed by atoms with Gasteiger partial charge in [0.25, 0.3) is 0 Å². The van der Waals surface area contributed by atoms with Crippen molar-refractivity contribution in [2.45, 2.75) is 50.6 Å². The predicted octanol–water partition coefficient (Wildman–Crippen LogP) is 4.12. The van der Waals surface area contributed by atoms with Gasteiger partial charge in [-0.15, -0.1) is 0 Å². The van der Waals surface area contributed by atoms with Crippen molar-refractivity contribution in [3.05, 3.63) is 63.4 Å². The van der Waals surface area contributed by atoms with Crippen LogP contribution in [-0.4, -0.2) is 91.3 Å². The summed E-state index contributed by atoms with van der Waals surface area (Å²) in [5, 5.41) is 6.93. The summed E-state index contributed by atoms with van der Waals surface area (Å²) in [6, 6.07) is 8.69. The van der Waals surface area contributed by atoms with Crippen molar-refractivity contribution in [3.63, 3.8) is 0 Å². The molecule has 2 saturated heterocycles. The second kappa shape index (κ2) is 11.4. The molecule has 4 atom stereocenters. The van der Waals surface area contributed by atoms with Gasteiger partial charge in [0, 0.05) is 48.8 Å². The summed E-state index contributed by atoms with van der Waals surface area (Å²) in [6.45, 7) is 8.14. The van der Waals surface area contributed by atoms with Gasteiger partial charge in [-0.1, -0.05) is 56.1 Å². The summed E-state index contributed by atoms with van der Waals surface area (Å²) < 4.78 is 15.1. The van der Waals surface area contributed by atoms with Crippen LogP contribution in [-0.2, 0) is 19.8 Å². The molecule has 0 saturated carbocycles. The maximum Gasteiger partial charge on any atom is 0.240 e. The molecule has 2 fully saturated rings. The second-order valence-corrected chi connectivity index (χ2v) is 13.9. The largest absolute Gasteiger partial charge is 0.338 e. The molecule has 42 heavy (non-hydrogen) atoms. The van der Waals surface area contributed by atoms with Crippen molar-refractivity contribution in [1.82, 2.24) is 20.0 Å². The molecule has 2 aromatic rings. The number of likely N-dealkylation sites (N-methyl/N-ethyl adjacent to an activating group) is 1. The molecular weight excluding hydrogens is 580 g/mol. The smallest absolute Gasteiger partial charge is 0.240 e. The van der Waals surface area contributed by atoms with E-state index in [0.29, 0.717) is 61.0 Å². The molecule has 11 heteroatoms. The van der Waals surface area contributed by atoms with E-state index in [1.807, 2.05) is 25.1 Å². The number of piperazine rings is 1.